The highest BCUT2D eigenvalue weighted by Gasteiger charge is 2.41. The highest BCUT2D eigenvalue weighted by atomic mass is 35.5. The van der Waals surface area contributed by atoms with Crippen LogP contribution in [-0.4, -0.2) is 39.0 Å². The molecule has 0 aromatic heterocycles. The molecule has 1 fully saturated rings. The van der Waals surface area contributed by atoms with Gasteiger partial charge < -0.3 is 19.0 Å². The van der Waals surface area contributed by atoms with Crippen molar-refractivity contribution in [3.8, 4) is 0 Å². The predicted molar refractivity (Wildman–Crippen MR) is 108 cm³/mol. The standard InChI is InChI=1S/C20H33ClO4Si/c1-18(2,3)26(6,7)25-11-10-15-12-16(21)8-9-17(15)20(22)13-23-19(4,5)24-14-20/h8-9,12,22H,10-11,13-14H2,1-7H3. The van der Waals surface area contributed by atoms with Crippen molar-refractivity contribution < 1.29 is 19.0 Å². The van der Waals surface area contributed by atoms with E-state index in [-0.39, 0.29) is 18.3 Å². The molecule has 1 heterocycles. The van der Waals surface area contributed by atoms with Gasteiger partial charge in [-0.15, -0.1) is 0 Å². The molecule has 2 rings (SSSR count). The topological polar surface area (TPSA) is 47.9 Å². The van der Waals surface area contributed by atoms with Crippen LogP contribution in [0.4, 0.5) is 0 Å². The SMILES string of the molecule is CC1(C)OCC(O)(c2ccc(Cl)cc2CCO[Si](C)(C)C(C)(C)C)CO1. The van der Waals surface area contributed by atoms with E-state index < -0.39 is 19.7 Å². The van der Waals surface area contributed by atoms with E-state index in [0.29, 0.717) is 18.1 Å². The molecule has 0 amide bonds. The molecular weight excluding hydrogens is 368 g/mol. The molecule has 0 aliphatic carbocycles. The average molecular weight is 401 g/mol. The number of rotatable bonds is 5. The number of aliphatic hydroxyl groups is 1. The van der Waals surface area contributed by atoms with Crippen LogP contribution in [0.3, 0.4) is 0 Å². The summed E-state index contributed by atoms with van der Waals surface area (Å²) in [6, 6.07) is 5.57. The quantitative estimate of drug-likeness (QED) is 0.716. The van der Waals surface area contributed by atoms with Crippen molar-refractivity contribution in [3.63, 3.8) is 0 Å². The Hall–Kier alpha value is -0.433. The monoisotopic (exact) mass is 400 g/mol. The lowest BCUT2D eigenvalue weighted by molar-refractivity contribution is -0.305. The van der Waals surface area contributed by atoms with E-state index in [9.17, 15) is 5.11 Å². The maximum absolute atomic E-state index is 11.1. The number of benzene rings is 1. The third kappa shape index (κ3) is 5.09. The molecule has 0 saturated carbocycles. The van der Waals surface area contributed by atoms with Crippen LogP contribution in [0.25, 0.3) is 0 Å². The predicted octanol–water partition coefficient (Wildman–Crippen LogP) is 4.87. The van der Waals surface area contributed by atoms with Crippen LogP contribution in [0.2, 0.25) is 23.2 Å². The second kappa shape index (κ2) is 7.53. The van der Waals surface area contributed by atoms with Crippen molar-refractivity contribution in [1.82, 2.24) is 0 Å². The lowest BCUT2D eigenvalue weighted by atomic mass is 9.89. The van der Waals surface area contributed by atoms with Gasteiger partial charge in [0.15, 0.2) is 14.1 Å². The number of hydrogen-bond acceptors (Lipinski definition) is 4. The second-order valence-corrected chi connectivity index (χ2v) is 14.4. The summed E-state index contributed by atoms with van der Waals surface area (Å²) in [5.41, 5.74) is 0.605. The molecule has 4 nitrogen and oxygen atoms in total. The van der Waals surface area contributed by atoms with Gasteiger partial charge in [-0.1, -0.05) is 38.4 Å². The molecule has 1 aromatic carbocycles. The fraction of sp³-hybridized carbons (Fsp3) is 0.700. The van der Waals surface area contributed by atoms with Crippen LogP contribution in [0.5, 0.6) is 0 Å². The molecule has 1 N–H and O–H groups in total. The summed E-state index contributed by atoms with van der Waals surface area (Å²) < 4.78 is 17.7. The molecule has 1 saturated heterocycles. The molecule has 148 valence electrons. The zero-order valence-corrected chi connectivity index (χ0v) is 18.9. The summed E-state index contributed by atoms with van der Waals surface area (Å²) in [4.78, 5) is 0. The maximum atomic E-state index is 11.1. The van der Waals surface area contributed by atoms with E-state index >= 15 is 0 Å². The van der Waals surface area contributed by atoms with Gasteiger partial charge in [-0.25, -0.2) is 0 Å². The average Bonchev–Trinajstić information content (AvgIpc) is 2.49. The Morgan fingerprint density at radius 3 is 2.31 bits per heavy atom. The smallest absolute Gasteiger partial charge is 0.191 e. The lowest BCUT2D eigenvalue weighted by Gasteiger charge is -2.41. The fourth-order valence-corrected chi connectivity index (χ4v) is 3.92. The Morgan fingerprint density at radius 2 is 1.77 bits per heavy atom. The minimum absolute atomic E-state index is 0.166. The molecule has 1 aromatic rings. The molecule has 0 bridgehead atoms. The first-order valence-electron chi connectivity index (χ1n) is 9.19. The highest BCUT2D eigenvalue weighted by Crippen LogP contribution is 2.37. The van der Waals surface area contributed by atoms with Crippen molar-refractivity contribution in [3.05, 3.63) is 34.3 Å². The third-order valence-corrected chi connectivity index (χ3v) is 10.3. The van der Waals surface area contributed by atoms with Gasteiger partial charge in [-0.2, -0.15) is 0 Å². The largest absolute Gasteiger partial charge is 0.416 e. The molecular formula is C20H33ClO4Si. The molecule has 26 heavy (non-hydrogen) atoms. The van der Waals surface area contributed by atoms with E-state index in [4.69, 9.17) is 25.5 Å². The lowest BCUT2D eigenvalue weighted by Crippen LogP contribution is -2.49. The minimum atomic E-state index is -1.81. The van der Waals surface area contributed by atoms with Crippen molar-refractivity contribution in [2.75, 3.05) is 19.8 Å². The number of ether oxygens (including phenoxy) is 2. The fourth-order valence-electron chi connectivity index (χ4n) is 2.68. The van der Waals surface area contributed by atoms with Gasteiger partial charge in [0.1, 0.15) is 5.60 Å². The van der Waals surface area contributed by atoms with E-state index in [1.165, 1.54) is 0 Å². The van der Waals surface area contributed by atoms with Gasteiger partial charge in [0.2, 0.25) is 0 Å². The van der Waals surface area contributed by atoms with E-state index in [2.05, 4.69) is 33.9 Å². The Balaban J connectivity index is 2.16. The number of hydrogen-bond donors (Lipinski definition) is 1. The second-order valence-electron chi connectivity index (χ2n) is 9.17. The van der Waals surface area contributed by atoms with Gasteiger partial charge in [0.25, 0.3) is 0 Å². The summed E-state index contributed by atoms with van der Waals surface area (Å²) >= 11 is 6.21. The van der Waals surface area contributed by atoms with Gasteiger partial charge in [-0.3, -0.25) is 0 Å². The van der Waals surface area contributed by atoms with E-state index in [1.807, 2.05) is 26.0 Å². The zero-order valence-electron chi connectivity index (χ0n) is 17.1. The Morgan fingerprint density at radius 1 is 1.19 bits per heavy atom. The Bertz CT molecular complexity index is 627. The zero-order chi connectivity index (χ0) is 19.8. The molecule has 0 unspecified atom stereocenters. The minimum Gasteiger partial charge on any atom is -0.416 e. The first-order valence-corrected chi connectivity index (χ1v) is 12.5. The molecule has 1 aliphatic heterocycles. The van der Waals surface area contributed by atoms with Crippen molar-refractivity contribution in [2.24, 2.45) is 0 Å². The van der Waals surface area contributed by atoms with Crippen LogP contribution >= 0.6 is 11.6 Å². The Labute approximate surface area is 163 Å². The molecule has 1 aliphatic rings. The first-order chi connectivity index (χ1) is 11.8. The van der Waals surface area contributed by atoms with E-state index in [0.717, 1.165) is 11.1 Å². The van der Waals surface area contributed by atoms with E-state index in [1.54, 1.807) is 6.07 Å². The summed E-state index contributed by atoms with van der Waals surface area (Å²) in [5.74, 6) is -0.676. The van der Waals surface area contributed by atoms with Gasteiger partial charge in [-0.05, 0) is 61.7 Å². The molecule has 0 atom stereocenters. The molecule has 6 heteroatoms. The van der Waals surface area contributed by atoms with Crippen LogP contribution in [-0.2, 0) is 25.9 Å². The first kappa shape index (κ1) is 21.9. The normalized spacial score (nSPS) is 20.2. The molecule has 0 spiro atoms. The van der Waals surface area contributed by atoms with Gasteiger partial charge >= 0.3 is 0 Å². The van der Waals surface area contributed by atoms with Crippen LogP contribution in [0.15, 0.2) is 18.2 Å². The summed E-state index contributed by atoms with van der Waals surface area (Å²) in [6.07, 6.45) is 0.689. The Kier molecular flexibility index (Phi) is 6.33. The van der Waals surface area contributed by atoms with Crippen molar-refractivity contribution in [1.29, 1.82) is 0 Å². The highest BCUT2D eigenvalue weighted by molar-refractivity contribution is 6.74. The van der Waals surface area contributed by atoms with Crippen LogP contribution in [0, 0.1) is 0 Å². The van der Waals surface area contributed by atoms with Crippen LogP contribution < -0.4 is 0 Å². The number of halogens is 1. The summed E-state index contributed by atoms with van der Waals surface area (Å²) in [6.45, 7) is 15.9. The van der Waals surface area contributed by atoms with Crippen molar-refractivity contribution >= 4 is 19.9 Å². The van der Waals surface area contributed by atoms with Crippen molar-refractivity contribution in [2.45, 2.75) is 70.6 Å². The molecule has 0 radical (unpaired) electrons. The maximum Gasteiger partial charge on any atom is 0.191 e. The van der Waals surface area contributed by atoms with Crippen LogP contribution in [0.1, 0.15) is 45.7 Å². The van der Waals surface area contributed by atoms with Gasteiger partial charge in [0.05, 0.1) is 13.2 Å². The summed E-state index contributed by atoms with van der Waals surface area (Å²) in [5, 5.41) is 11.9. The summed E-state index contributed by atoms with van der Waals surface area (Å²) in [7, 11) is -1.81. The van der Waals surface area contributed by atoms with Gasteiger partial charge in [0, 0.05) is 11.6 Å². The third-order valence-electron chi connectivity index (χ3n) is 5.53.